The van der Waals surface area contributed by atoms with Crippen molar-refractivity contribution in [3.63, 3.8) is 0 Å². The molecule has 5 heteroatoms. The molecule has 2 atom stereocenters. The van der Waals surface area contributed by atoms with Crippen LogP contribution in [0.3, 0.4) is 0 Å². The normalized spacial score (nSPS) is 15.1. The lowest BCUT2D eigenvalue weighted by Crippen LogP contribution is -2.31. The van der Waals surface area contributed by atoms with Crippen molar-refractivity contribution in [3.8, 4) is 0 Å². The van der Waals surface area contributed by atoms with Gasteiger partial charge in [0.2, 0.25) is 0 Å². The van der Waals surface area contributed by atoms with Gasteiger partial charge < -0.3 is 5.32 Å². The van der Waals surface area contributed by atoms with E-state index in [-0.39, 0.29) is 6.04 Å². The molecule has 0 aliphatic carbocycles. The first-order valence-corrected chi connectivity index (χ1v) is 5.77. The Balaban J connectivity index is 2.37. The third-order valence-electron chi connectivity index (χ3n) is 2.63. The first-order chi connectivity index (χ1) is 7.27. The second kappa shape index (κ2) is 6.50. The summed E-state index contributed by atoms with van der Waals surface area (Å²) in [6, 6.07) is 0.726. The number of H-pyrrole nitrogens is 1. The highest BCUT2D eigenvalue weighted by molar-refractivity contribution is 4.87. The molecule has 1 aromatic rings. The van der Waals surface area contributed by atoms with Crippen molar-refractivity contribution in [1.82, 2.24) is 25.9 Å². The molecule has 5 nitrogen and oxygen atoms in total. The van der Waals surface area contributed by atoms with Gasteiger partial charge in [-0.25, -0.2) is 0 Å². The third-order valence-corrected chi connectivity index (χ3v) is 2.63. The van der Waals surface area contributed by atoms with E-state index in [2.05, 4.69) is 46.7 Å². The van der Waals surface area contributed by atoms with E-state index in [1.54, 1.807) is 0 Å². The van der Waals surface area contributed by atoms with Crippen LogP contribution in [-0.4, -0.2) is 26.7 Å². The van der Waals surface area contributed by atoms with Crippen LogP contribution >= 0.6 is 0 Å². The molecule has 0 aromatic carbocycles. The molecule has 1 rings (SSSR count). The van der Waals surface area contributed by atoms with Gasteiger partial charge >= 0.3 is 0 Å². The zero-order valence-corrected chi connectivity index (χ0v) is 9.82. The molecule has 0 saturated heterocycles. The molecule has 2 unspecified atom stereocenters. The van der Waals surface area contributed by atoms with Crippen molar-refractivity contribution in [2.45, 2.75) is 58.5 Å². The van der Waals surface area contributed by atoms with Crippen LogP contribution in [0.1, 0.15) is 58.3 Å². The Bertz CT molecular complexity index is 246. The molecule has 0 aliphatic heterocycles. The summed E-state index contributed by atoms with van der Waals surface area (Å²) >= 11 is 0. The summed E-state index contributed by atoms with van der Waals surface area (Å²) in [4.78, 5) is 0. The van der Waals surface area contributed by atoms with Crippen molar-refractivity contribution in [1.29, 1.82) is 0 Å². The van der Waals surface area contributed by atoms with Crippen LogP contribution in [0.15, 0.2) is 0 Å². The Kier molecular flexibility index (Phi) is 5.25. The molecule has 15 heavy (non-hydrogen) atoms. The summed E-state index contributed by atoms with van der Waals surface area (Å²) < 4.78 is 0. The van der Waals surface area contributed by atoms with Crippen LogP contribution in [0.4, 0.5) is 0 Å². The van der Waals surface area contributed by atoms with Gasteiger partial charge in [-0.3, -0.25) is 0 Å². The minimum Gasteiger partial charge on any atom is -0.305 e. The van der Waals surface area contributed by atoms with E-state index < -0.39 is 0 Å². The molecule has 0 fully saturated rings. The molecule has 0 aliphatic rings. The van der Waals surface area contributed by atoms with Crippen LogP contribution in [-0.2, 0) is 0 Å². The number of rotatable bonds is 7. The first-order valence-electron chi connectivity index (χ1n) is 5.77. The molecule has 2 N–H and O–H groups in total. The summed E-state index contributed by atoms with van der Waals surface area (Å²) in [6.07, 6.45) is 4.87. The van der Waals surface area contributed by atoms with Crippen LogP contribution < -0.4 is 5.32 Å². The van der Waals surface area contributed by atoms with E-state index in [0.29, 0.717) is 6.04 Å². The van der Waals surface area contributed by atoms with E-state index in [9.17, 15) is 0 Å². The maximum absolute atomic E-state index is 3.97. The van der Waals surface area contributed by atoms with Crippen LogP contribution in [0.25, 0.3) is 0 Å². The number of hydrogen-bond acceptors (Lipinski definition) is 4. The van der Waals surface area contributed by atoms with E-state index in [1.165, 1.54) is 19.3 Å². The average molecular weight is 211 g/mol. The number of hydrogen-bond donors (Lipinski definition) is 2. The van der Waals surface area contributed by atoms with Crippen molar-refractivity contribution in [3.05, 3.63) is 5.82 Å². The summed E-state index contributed by atoms with van der Waals surface area (Å²) in [5, 5.41) is 17.5. The minimum absolute atomic E-state index is 0.172. The second-order valence-electron chi connectivity index (χ2n) is 3.91. The van der Waals surface area contributed by atoms with Crippen molar-refractivity contribution in [2.75, 3.05) is 0 Å². The van der Waals surface area contributed by atoms with Gasteiger partial charge in [-0.05, 0) is 19.8 Å². The molecule has 1 aromatic heterocycles. The summed E-state index contributed by atoms with van der Waals surface area (Å²) in [5.74, 6) is 0.741. The zero-order chi connectivity index (χ0) is 11.1. The van der Waals surface area contributed by atoms with E-state index in [0.717, 1.165) is 12.2 Å². The van der Waals surface area contributed by atoms with Crippen molar-refractivity contribution in [2.24, 2.45) is 0 Å². The zero-order valence-electron chi connectivity index (χ0n) is 9.82. The van der Waals surface area contributed by atoms with Crippen molar-refractivity contribution >= 4 is 0 Å². The van der Waals surface area contributed by atoms with Gasteiger partial charge in [0.25, 0.3) is 0 Å². The monoisotopic (exact) mass is 211 g/mol. The maximum atomic E-state index is 3.97. The first kappa shape index (κ1) is 12.1. The third kappa shape index (κ3) is 3.95. The number of nitrogens with zero attached hydrogens (tertiary/aromatic N) is 3. The molecular weight excluding hydrogens is 190 g/mol. The lowest BCUT2D eigenvalue weighted by molar-refractivity contribution is 0.401. The summed E-state index contributed by atoms with van der Waals surface area (Å²) in [5.41, 5.74) is 0. The molecule has 0 saturated carbocycles. The highest BCUT2D eigenvalue weighted by Crippen LogP contribution is 2.10. The molecule has 0 radical (unpaired) electrons. The fourth-order valence-corrected chi connectivity index (χ4v) is 1.64. The highest BCUT2D eigenvalue weighted by Gasteiger charge is 2.14. The lowest BCUT2D eigenvalue weighted by atomic mass is 10.1. The van der Waals surface area contributed by atoms with Crippen LogP contribution in [0.5, 0.6) is 0 Å². The predicted octanol–water partition coefficient (Wildman–Crippen LogP) is 1.82. The van der Waals surface area contributed by atoms with Crippen molar-refractivity contribution < 1.29 is 0 Å². The standard InChI is InChI=1S/C10H21N5/c1-4-6-7-9(5-2)11-8(3)10-12-14-15-13-10/h8-9,11H,4-7H2,1-3H3,(H,12,13,14,15). The number of aromatic amines is 1. The fourth-order valence-electron chi connectivity index (χ4n) is 1.64. The molecule has 86 valence electrons. The van der Waals surface area contributed by atoms with Gasteiger partial charge in [0.1, 0.15) is 0 Å². The smallest absolute Gasteiger partial charge is 0.191 e. The van der Waals surface area contributed by atoms with E-state index in [4.69, 9.17) is 0 Å². The Hall–Kier alpha value is -0.970. The van der Waals surface area contributed by atoms with Gasteiger partial charge in [-0.15, -0.1) is 10.2 Å². The van der Waals surface area contributed by atoms with Gasteiger partial charge in [-0.2, -0.15) is 5.21 Å². The largest absolute Gasteiger partial charge is 0.305 e. The quantitative estimate of drug-likeness (QED) is 0.722. The Morgan fingerprint density at radius 1 is 1.40 bits per heavy atom. The second-order valence-corrected chi connectivity index (χ2v) is 3.91. The van der Waals surface area contributed by atoms with Crippen LogP contribution in [0, 0.1) is 0 Å². The van der Waals surface area contributed by atoms with E-state index in [1.807, 2.05) is 0 Å². The number of unbranched alkanes of at least 4 members (excludes halogenated alkanes) is 1. The fraction of sp³-hybridized carbons (Fsp3) is 0.900. The molecule has 1 heterocycles. The number of nitrogens with one attached hydrogen (secondary N) is 2. The number of aromatic nitrogens is 4. The Morgan fingerprint density at radius 3 is 2.73 bits per heavy atom. The van der Waals surface area contributed by atoms with E-state index >= 15 is 0 Å². The predicted molar refractivity (Wildman–Crippen MR) is 59.3 cm³/mol. The molecular formula is C10H21N5. The average Bonchev–Trinajstić information content (AvgIpc) is 2.77. The van der Waals surface area contributed by atoms with Gasteiger partial charge in [0.05, 0.1) is 6.04 Å². The Morgan fingerprint density at radius 2 is 2.20 bits per heavy atom. The molecule has 0 amide bonds. The molecule has 0 spiro atoms. The van der Waals surface area contributed by atoms with Gasteiger partial charge in [0, 0.05) is 6.04 Å². The topological polar surface area (TPSA) is 66.5 Å². The Labute approximate surface area is 91.0 Å². The van der Waals surface area contributed by atoms with Gasteiger partial charge in [0.15, 0.2) is 5.82 Å². The number of tetrazole rings is 1. The minimum atomic E-state index is 0.172. The SMILES string of the molecule is CCCCC(CC)NC(C)c1nn[nH]n1. The van der Waals surface area contributed by atoms with Gasteiger partial charge in [-0.1, -0.05) is 31.9 Å². The summed E-state index contributed by atoms with van der Waals surface area (Å²) in [6.45, 7) is 6.49. The lowest BCUT2D eigenvalue weighted by Gasteiger charge is -2.19. The highest BCUT2D eigenvalue weighted by atomic mass is 15.5. The molecule has 0 bridgehead atoms. The van der Waals surface area contributed by atoms with Crippen LogP contribution in [0.2, 0.25) is 0 Å². The summed E-state index contributed by atoms with van der Waals surface area (Å²) in [7, 11) is 0. The maximum Gasteiger partial charge on any atom is 0.191 e.